The van der Waals surface area contributed by atoms with Crippen LogP contribution in [-0.2, 0) is 11.7 Å². The summed E-state index contributed by atoms with van der Waals surface area (Å²) in [7, 11) is 0. The van der Waals surface area contributed by atoms with Crippen molar-refractivity contribution in [3.8, 4) is 0 Å². The fraction of sp³-hybridized carbons (Fsp3) is 0.455. The van der Waals surface area contributed by atoms with Crippen molar-refractivity contribution in [3.63, 3.8) is 0 Å². The van der Waals surface area contributed by atoms with Crippen LogP contribution in [0.25, 0.3) is 0 Å². The molecule has 1 aliphatic rings. The Bertz CT molecular complexity index is 471. The largest absolute Gasteiger partial charge is 0.419 e. The molecule has 0 atom stereocenters. The minimum atomic E-state index is -4.87. The van der Waals surface area contributed by atoms with Crippen molar-refractivity contribution >= 4 is 0 Å². The van der Waals surface area contributed by atoms with Gasteiger partial charge in [0, 0.05) is 18.4 Å². The predicted molar refractivity (Wildman–Crippen MR) is 51.4 cm³/mol. The highest BCUT2D eigenvalue weighted by molar-refractivity contribution is 5.35. The van der Waals surface area contributed by atoms with Crippen LogP contribution >= 0.6 is 0 Å². The second-order valence-electron chi connectivity index (χ2n) is 4.53. The van der Waals surface area contributed by atoms with Gasteiger partial charge >= 0.3 is 6.18 Å². The highest BCUT2D eigenvalue weighted by atomic mass is 19.4. The number of halogens is 6. The number of alkyl halides is 5. The van der Waals surface area contributed by atoms with Crippen molar-refractivity contribution < 1.29 is 26.3 Å². The third-order valence-electron chi connectivity index (χ3n) is 2.99. The number of hydrogen-bond acceptors (Lipinski definition) is 1. The standard InChI is InChI=1S/C11H9F6N/c12-8-6(9(18)4-10(13,14)5-9)2-1-3-7(8)11(15,16)17/h1-3H,4-5,18H2. The van der Waals surface area contributed by atoms with E-state index in [1.54, 1.807) is 0 Å². The summed E-state index contributed by atoms with van der Waals surface area (Å²) < 4.78 is 76.6. The van der Waals surface area contributed by atoms with E-state index in [-0.39, 0.29) is 0 Å². The molecule has 1 saturated carbocycles. The fourth-order valence-corrected chi connectivity index (χ4v) is 2.20. The van der Waals surface area contributed by atoms with Gasteiger partial charge in [-0.05, 0) is 6.07 Å². The Hall–Kier alpha value is -1.24. The fourth-order valence-electron chi connectivity index (χ4n) is 2.20. The van der Waals surface area contributed by atoms with Gasteiger partial charge in [-0.15, -0.1) is 0 Å². The van der Waals surface area contributed by atoms with E-state index in [0.29, 0.717) is 6.07 Å². The Balaban J connectivity index is 2.43. The molecule has 1 aromatic rings. The minimum Gasteiger partial charge on any atom is -0.321 e. The second-order valence-corrected chi connectivity index (χ2v) is 4.53. The molecule has 0 spiro atoms. The number of rotatable bonds is 1. The summed E-state index contributed by atoms with van der Waals surface area (Å²) in [5, 5.41) is 0. The second kappa shape index (κ2) is 3.63. The molecule has 18 heavy (non-hydrogen) atoms. The summed E-state index contributed by atoms with van der Waals surface area (Å²) in [6, 6.07) is 2.53. The Kier molecular flexibility index (Phi) is 2.66. The lowest BCUT2D eigenvalue weighted by Crippen LogP contribution is -2.56. The number of hydrogen-bond donors (Lipinski definition) is 1. The minimum absolute atomic E-state index is 0.511. The monoisotopic (exact) mass is 269 g/mol. The Morgan fingerprint density at radius 2 is 1.67 bits per heavy atom. The number of benzene rings is 1. The molecule has 0 unspecified atom stereocenters. The van der Waals surface area contributed by atoms with Crippen LogP contribution in [0.2, 0.25) is 0 Å². The maximum absolute atomic E-state index is 13.7. The molecule has 0 saturated heterocycles. The molecular weight excluding hydrogens is 260 g/mol. The van der Waals surface area contributed by atoms with Crippen molar-refractivity contribution in [2.45, 2.75) is 30.5 Å². The average molecular weight is 269 g/mol. The highest BCUT2D eigenvalue weighted by Gasteiger charge is 2.56. The molecular formula is C11H9F6N. The van der Waals surface area contributed by atoms with Gasteiger partial charge in [0.05, 0.1) is 11.1 Å². The van der Waals surface area contributed by atoms with Crippen LogP contribution in [0.3, 0.4) is 0 Å². The maximum atomic E-state index is 13.7. The van der Waals surface area contributed by atoms with Gasteiger partial charge < -0.3 is 5.73 Å². The van der Waals surface area contributed by atoms with Gasteiger partial charge in [-0.1, -0.05) is 12.1 Å². The van der Waals surface area contributed by atoms with Gasteiger partial charge in [0.1, 0.15) is 5.82 Å². The van der Waals surface area contributed by atoms with Gasteiger partial charge in [0.2, 0.25) is 0 Å². The normalized spacial score (nSPS) is 21.5. The smallest absolute Gasteiger partial charge is 0.321 e. The van der Waals surface area contributed by atoms with Crippen LogP contribution in [0, 0.1) is 5.82 Å². The first-order valence-corrected chi connectivity index (χ1v) is 5.08. The lowest BCUT2D eigenvalue weighted by atomic mass is 9.69. The van der Waals surface area contributed by atoms with Crippen LogP contribution in [0.5, 0.6) is 0 Å². The SMILES string of the molecule is NC1(c2cccc(C(F)(F)F)c2F)CC(F)(F)C1. The van der Waals surface area contributed by atoms with Crippen molar-refractivity contribution in [2.75, 3.05) is 0 Å². The van der Waals surface area contributed by atoms with Crippen molar-refractivity contribution in [2.24, 2.45) is 5.73 Å². The van der Waals surface area contributed by atoms with E-state index in [2.05, 4.69) is 0 Å². The molecule has 7 heteroatoms. The maximum Gasteiger partial charge on any atom is 0.419 e. The van der Waals surface area contributed by atoms with Crippen LogP contribution in [-0.4, -0.2) is 5.92 Å². The lowest BCUT2D eigenvalue weighted by molar-refractivity contribution is -0.141. The van der Waals surface area contributed by atoms with Gasteiger partial charge in [-0.25, -0.2) is 13.2 Å². The van der Waals surface area contributed by atoms with E-state index in [4.69, 9.17) is 5.73 Å². The molecule has 0 aliphatic heterocycles. The Labute approximate surface area is 98.6 Å². The van der Waals surface area contributed by atoms with Gasteiger partial charge in [0.15, 0.2) is 0 Å². The van der Waals surface area contributed by atoms with E-state index in [1.165, 1.54) is 0 Å². The Morgan fingerprint density at radius 3 is 2.11 bits per heavy atom. The molecule has 0 aromatic heterocycles. The van der Waals surface area contributed by atoms with Crippen LogP contribution in [0.1, 0.15) is 24.0 Å². The first-order valence-electron chi connectivity index (χ1n) is 5.08. The van der Waals surface area contributed by atoms with Crippen LogP contribution in [0.15, 0.2) is 18.2 Å². The Morgan fingerprint density at radius 1 is 1.11 bits per heavy atom. The van der Waals surface area contributed by atoms with Crippen LogP contribution in [0.4, 0.5) is 26.3 Å². The van der Waals surface area contributed by atoms with Gasteiger partial charge in [-0.3, -0.25) is 0 Å². The molecule has 0 heterocycles. The van der Waals surface area contributed by atoms with E-state index in [0.717, 1.165) is 12.1 Å². The summed E-state index contributed by atoms with van der Waals surface area (Å²) in [6.07, 6.45) is -6.57. The molecule has 100 valence electrons. The summed E-state index contributed by atoms with van der Waals surface area (Å²) >= 11 is 0. The number of nitrogens with two attached hydrogens (primary N) is 1. The third kappa shape index (κ3) is 2.07. The van der Waals surface area contributed by atoms with Crippen LogP contribution < -0.4 is 5.73 Å². The molecule has 1 nitrogen and oxygen atoms in total. The van der Waals surface area contributed by atoms with Crippen molar-refractivity contribution in [1.29, 1.82) is 0 Å². The molecule has 2 N–H and O–H groups in total. The van der Waals surface area contributed by atoms with Crippen molar-refractivity contribution in [1.82, 2.24) is 0 Å². The van der Waals surface area contributed by atoms with E-state index >= 15 is 0 Å². The van der Waals surface area contributed by atoms with E-state index in [9.17, 15) is 26.3 Å². The molecule has 2 rings (SSSR count). The van der Waals surface area contributed by atoms with E-state index < -0.39 is 47.4 Å². The third-order valence-corrected chi connectivity index (χ3v) is 2.99. The highest BCUT2D eigenvalue weighted by Crippen LogP contribution is 2.51. The first kappa shape index (κ1) is 13.2. The van der Waals surface area contributed by atoms with Crippen molar-refractivity contribution in [3.05, 3.63) is 35.1 Å². The molecule has 1 aromatic carbocycles. The van der Waals surface area contributed by atoms with Gasteiger partial charge in [0.25, 0.3) is 5.92 Å². The van der Waals surface area contributed by atoms with E-state index in [1.807, 2.05) is 0 Å². The topological polar surface area (TPSA) is 26.0 Å². The molecule has 1 fully saturated rings. The molecule has 0 amide bonds. The predicted octanol–water partition coefficient (Wildman–Crippen LogP) is 3.43. The summed E-state index contributed by atoms with van der Waals surface area (Å²) in [6.45, 7) is 0. The zero-order valence-electron chi connectivity index (χ0n) is 8.99. The molecule has 0 bridgehead atoms. The molecule has 0 radical (unpaired) electrons. The zero-order valence-corrected chi connectivity index (χ0v) is 8.99. The summed E-state index contributed by atoms with van der Waals surface area (Å²) in [4.78, 5) is 0. The summed E-state index contributed by atoms with van der Waals surface area (Å²) in [5.41, 5.74) is 1.80. The zero-order chi connectivity index (χ0) is 13.8. The average Bonchev–Trinajstić information content (AvgIpc) is 2.12. The first-order chi connectivity index (χ1) is 8.05. The summed E-state index contributed by atoms with van der Waals surface area (Å²) in [5.74, 6) is -4.61. The van der Waals surface area contributed by atoms with Gasteiger partial charge in [-0.2, -0.15) is 13.2 Å². The lowest BCUT2D eigenvalue weighted by Gasteiger charge is -2.45. The quantitative estimate of drug-likeness (QED) is 0.777. The molecule has 1 aliphatic carbocycles.